The molecular weight excluding hydrogens is 233 g/mol. The Morgan fingerprint density at radius 1 is 1.44 bits per heavy atom. The number of halogens is 1. The molecule has 1 aromatic carbocycles. The summed E-state index contributed by atoms with van der Waals surface area (Å²) in [6.07, 6.45) is 4.07. The van der Waals surface area contributed by atoms with E-state index in [0.717, 1.165) is 12.8 Å². The third kappa shape index (κ3) is 3.40. The molecule has 2 N–H and O–H groups in total. The van der Waals surface area contributed by atoms with E-state index in [0.29, 0.717) is 18.0 Å². The van der Waals surface area contributed by atoms with Crippen LogP contribution in [-0.4, -0.2) is 23.7 Å². The summed E-state index contributed by atoms with van der Waals surface area (Å²) in [6, 6.07) is 6.29. The van der Waals surface area contributed by atoms with Gasteiger partial charge in [-0.15, -0.1) is 0 Å². The van der Waals surface area contributed by atoms with Gasteiger partial charge >= 0.3 is 0 Å². The van der Waals surface area contributed by atoms with Crippen molar-refractivity contribution in [1.29, 1.82) is 0 Å². The van der Waals surface area contributed by atoms with Crippen molar-refractivity contribution < 1.29 is 14.3 Å². The lowest BCUT2D eigenvalue weighted by molar-refractivity contribution is -0.117. The number of benzene rings is 1. The Kier molecular flexibility index (Phi) is 4.10. The quantitative estimate of drug-likeness (QED) is 0.798. The fourth-order valence-corrected chi connectivity index (χ4v) is 1.95. The van der Waals surface area contributed by atoms with Crippen molar-refractivity contribution in [3.05, 3.63) is 41.7 Å². The fraction of sp³-hybridized carbons (Fsp3) is 0.357. The molecule has 2 rings (SSSR count). The highest BCUT2D eigenvalue weighted by atomic mass is 19.1. The first-order chi connectivity index (χ1) is 8.65. The molecule has 1 fully saturated rings. The van der Waals surface area contributed by atoms with E-state index in [4.69, 9.17) is 5.11 Å². The van der Waals surface area contributed by atoms with Crippen LogP contribution in [0, 0.1) is 11.7 Å². The van der Waals surface area contributed by atoms with Crippen LogP contribution in [0.2, 0.25) is 0 Å². The number of amides is 1. The second-order valence-electron chi connectivity index (χ2n) is 4.59. The van der Waals surface area contributed by atoms with Crippen LogP contribution in [0.4, 0.5) is 4.39 Å². The van der Waals surface area contributed by atoms with Gasteiger partial charge in [0, 0.05) is 18.2 Å². The van der Waals surface area contributed by atoms with Crippen LogP contribution in [0.3, 0.4) is 0 Å². The molecule has 0 unspecified atom stereocenters. The number of rotatable bonds is 4. The van der Waals surface area contributed by atoms with E-state index in [2.05, 4.69) is 5.32 Å². The van der Waals surface area contributed by atoms with Crippen LogP contribution in [0.1, 0.15) is 18.4 Å². The van der Waals surface area contributed by atoms with Gasteiger partial charge in [0.25, 0.3) is 0 Å². The summed E-state index contributed by atoms with van der Waals surface area (Å²) in [4.78, 5) is 11.5. The van der Waals surface area contributed by atoms with Crippen LogP contribution in [0.25, 0.3) is 6.08 Å². The predicted molar refractivity (Wildman–Crippen MR) is 67.2 cm³/mol. The lowest BCUT2D eigenvalue weighted by Gasteiger charge is -2.31. The maximum Gasteiger partial charge on any atom is 0.244 e. The zero-order valence-electron chi connectivity index (χ0n) is 9.97. The molecule has 96 valence electrons. The highest BCUT2D eigenvalue weighted by Crippen LogP contribution is 2.25. The molecule has 3 nitrogen and oxygen atoms in total. The molecule has 1 saturated carbocycles. The summed E-state index contributed by atoms with van der Waals surface area (Å²) in [5.41, 5.74) is 0.395. The van der Waals surface area contributed by atoms with Gasteiger partial charge in [-0.3, -0.25) is 4.79 Å². The van der Waals surface area contributed by atoms with E-state index in [-0.39, 0.29) is 17.8 Å². The Morgan fingerprint density at radius 2 is 2.17 bits per heavy atom. The first-order valence-electron chi connectivity index (χ1n) is 6.03. The predicted octanol–water partition coefficient (Wildman–Crippen LogP) is 1.73. The normalized spacial score (nSPS) is 22.8. The lowest BCUT2D eigenvalue weighted by Crippen LogP contribution is -2.37. The molecule has 0 saturated heterocycles. The number of hydrogen-bond acceptors (Lipinski definition) is 2. The van der Waals surface area contributed by atoms with Crippen molar-refractivity contribution in [3.63, 3.8) is 0 Å². The first kappa shape index (κ1) is 12.8. The maximum atomic E-state index is 13.3. The number of carbonyl (C=O) groups excluding carboxylic acids is 1. The molecule has 0 aromatic heterocycles. The standard InChI is InChI=1S/C14H16FNO2/c15-13-4-2-1-3-11(13)5-6-14(18)16-9-10-7-12(17)8-10/h1-6,10,12,17H,7-9H2,(H,16,18). The van der Waals surface area contributed by atoms with Crippen molar-refractivity contribution in [3.8, 4) is 0 Å². The van der Waals surface area contributed by atoms with Gasteiger partial charge in [0.05, 0.1) is 6.10 Å². The molecule has 0 heterocycles. The molecule has 1 aliphatic rings. The number of carbonyl (C=O) groups is 1. The molecule has 1 amide bonds. The molecule has 1 aliphatic carbocycles. The summed E-state index contributed by atoms with van der Waals surface area (Å²) in [7, 11) is 0. The average molecular weight is 249 g/mol. The first-order valence-corrected chi connectivity index (χ1v) is 6.03. The monoisotopic (exact) mass is 249 g/mol. The third-order valence-electron chi connectivity index (χ3n) is 3.10. The van der Waals surface area contributed by atoms with Gasteiger partial charge in [0.1, 0.15) is 5.82 Å². The minimum atomic E-state index is -0.344. The molecule has 0 atom stereocenters. The Balaban J connectivity index is 1.78. The highest BCUT2D eigenvalue weighted by Gasteiger charge is 2.26. The van der Waals surface area contributed by atoms with Gasteiger partial charge in [-0.25, -0.2) is 4.39 Å². The summed E-state index contributed by atoms with van der Waals surface area (Å²) < 4.78 is 13.3. The van der Waals surface area contributed by atoms with Crippen LogP contribution >= 0.6 is 0 Å². The summed E-state index contributed by atoms with van der Waals surface area (Å²) >= 11 is 0. The van der Waals surface area contributed by atoms with E-state index < -0.39 is 0 Å². The smallest absolute Gasteiger partial charge is 0.244 e. The van der Waals surface area contributed by atoms with Crippen LogP contribution < -0.4 is 5.32 Å². The molecular formula is C14H16FNO2. The van der Waals surface area contributed by atoms with Crippen molar-refractivity contribution in [2.45, 2.75) is 18.9 Å². The fourth-order valence-electron chi connectivity index (χ4n) is 1.95. The highest BCUT2D eigenvalue weighted by molar-refractivity contribution is 5.91. The Bertz CT molecular complexity index is 453. The minimum Gasteiger partial charge on any atom is -0.393 e. The second kappa shape index (κ2) is 5.78. The topological polar surface area (TPSA) is 49.3 Å². The zero-order chi connectivity index (χ0) is 13.0. The van der Waals surface area contributed by atoms with E-state index in [9.17, 15) is 9.18 Å². The number of hydrogen-bond donors (Lipinski definition) is 2. The van der Waals surface area contributed by atoms with E-state index in [1.54, 1.807) is 18.2 Å². The van der Waals surface area contributed by atoms with Gasteiger partial charge in [-0.1, -0.05) is 18.2 Å². The molecule has 4 heteroatoms. The average Bonchev–Trinajstić information content (AvgIpc) is 2.32. The maximum absolute atomic E-state index is 13.3. The molecule has 1 aromatic rings. The van der Waals surface area contributed by atoms with Gasteiger partial charge in [0.15, 0.2) is 0 Å². The SMILES string of the molecule is O=C(C=Cc1ccccc1F)NCC1CC(O)C1. The second-order valence-corrected chi connectivity index (χ2v) is 4.59. The molecule has 0 spiro atoms. The Hall–Kier alpha value is -1.68. The van der Waals surface area contributed by atoms with Gasteiger partial charge < -0.3 is 10.4 Å². The van der Waals surface area contributed by atoms with Crippen molar-refractivity contribution in [2.75, 3.05) is 6.54 Å². The van der Waals surface area contributed by atoms with Gasteiger partial charge in [0.2, 0.25) is 5.91 Å². The molecule has 18 heavy (non-hydrogen) atoms. The number of nitrogens with one attached hydrogen (secondary N) is 1. The van der Waals surface area contributed by atoms with Gasteiger partial charge in [-0.05, 0) is 30.9 Å². The van der Waals surface area contributed by atoms with Crippen LogP contribution in [0.15, 0.2) is 30.3 Å². The zero-order valence-corrected chi connectivity index (χ0v) is 9.97. The Morgan fingerprint density at radius 3 is 2.83 bits per heavy atom. The number of aliphatic hydroxyl groups excluding tert-OH is 1. The van der Waals surface area contributed by atoms with Gasteiger partial charge in [-0.2, -0.15) is 0 Å². The Labute approximate surface area is 105 Å². The van der Waals surface area contributed by atoms with Crippen LogP contribution in [-0.2, 0) is 4.79 Å². The summed E-state index contributed by atoms with van der Waals surface area (Å²) in [5.74, 6) is -0.214. The van der Waals surface area contributed by atoms with E-state index in [1.165, 1.54) is 18.2 Å². The van der Waals surface area contributed by atoms with Crippen molar-refractivity contribution in [2.24, 2.45) is 5.92 Å². The van der Waals surface area contributed by atoms with Crippen LogP contribution in [0.5, 0.6) is 0 Å². The number of aliphatic hydroxyl groups is 1. The molecule has 0 radical (unpaired) electrons. The summed E-state index contributed by atoms with van der Waals surface area (Å²) in [5, 5.41) is 11.8. The van der Waals surface area contributed by atoms with E-state index >= 15 is 0 Å². The summed E-state index contributed by atoms with van der Waals surface area (Å²) in [6.45, 7) is 0.567. The third-order valence-corrected chi connectivity index (χ3v) is 3.10. The molecule has 0 bridgehead atoms. The van der Waals surface area contributed by atoms with E-state index in [1.807, 2.05) is 0 Å². The minimum absolute atomic E-state index is 0.208. The molecule has 0 aliphatic heterocycles. The van der Waals surface area contributed by atoms with Crippen molar-refractivity contribution in [1.82, 2.24) is 5.32 Å². The lowest BCUT2D eigenvalue weighted by atomic mass is 9.82. The largest absolute Gasteiger partial charge is 0.393 e. The van der Waals surface area contributed by atoms with Crippen molar-refractivity contribution >= 4 is 12.0 Å².